The summed E-state index contributed by atoms with van der Waals surface area (Å²) in [4.78, 5) is 32.8. The molecule has 2 aromatic heterocycles. The molecule has 6 nitrogen and oxygen atoms in total. The van der Waals surface area contributed by atoms with Crippen LogP contribution in [0.5, 0.6) is 0 Å². The lowest BCUT2D eigenvalue weighted by molar-refractivity contribution is -0.121. The van der Waals surface area contributed by atoms with E-state index in [-0.39, 0.29) is 11.9 Å². The highest BCUT2D eigenvalue weighted by Gasteiger charge is 2.19. The van der Waals surface area contributed by atoms with Crippen LogP contribution in [-0.2, 0) is 23.1 Å². The van der Waals surface area contributed by atoms with Crippen molar-refractivity contribution in [3.63, 3.8) is 0 Å². The SMILES string of the molecule is CCC(=O)CCCCC[C@H](NC(=O)Cc1cn(C)c2ccccc12)c1ncc(-c2ccccc2)[nH]1. The Morgan fingerprint density at radius 3 is 2.60 bits per heavy atom. The second-order valence-electron chi connectivity index (χ2n) is 9.12. The summed E-state index contributed by atoms with van der Waals surface area (Å²) in [6, 6.07) is 18.0. The van der Waals surface area contributed by atoms with Crippen molar-refractivity contribution in [3.8, 4) is 11.3 Å². The Morgan fingerprint density at radius 2 is 1.80 bits per heavy atom. The number of carbonyl (C=O) groups excluding carboxylic acids is 2. The Bertz CT molecular complexity index is 1270. The van der Waals surface area contributed by atoms with E-state index in [1.165, 1.54) is 0 Å². The van der Waals surface area contributed by atoms with Gasteiger partial charge in [-0.3, -0.25) is 9.59 Å². The lowest BCUT2D eigenvalue weighted by Gasteiger charge is -2.17. The topological polar surface area (TPSA) is 79.8 Å². The van der Waals surface area contributed by atoms with Crippen molar-refractivity contribution in [2.75, 3.05) is 0 Å². The third kappa shape index (κ3) is 6.27. The number of amides is 1. The normalized spacial score (nSPS) is 12.1. The van der Waals surface area contributed by atoms with Gasteiger partial charge in [0.2, 0.25) is 5.91 Å². The molecule has 0 aliphatic heterocycles. The first kappa shape index (κ1) is 24.5. The molecule has 0 saturated heterocycles. The summed E-state index contributed by atoms with van der Waals surface area (Å²) in [6.07, 6.45) is 8.92. The fourth-order valence-corrected chi connectivity index (χ4v) is 4.56. The van der Waals surface area contributed by atoms with E-state index in [9.17, 15) is 9.59 Å². The summed E-state index contributed by atoms with van der Waals surface area (Å²) in [5.74, 6) is 1.05. The van der Waals surface area contributed by atoms with Crippen LogP contribution in [-0.4, -0.2) is 26.2 Å². The molecular weight excluding hydrogens is 436 g/mol. The highest BCUT2D eigenvalue weighted by Crippen LogP contribution is 2.24. The van der Waals surface area contributed by atoms with Gasteiger partial charge in [0, 0.05) is 37.0 Å². The van der Waals surface area contributed by atoms with Gasteiger partial charge in [-0.05, 0) is 30.0 Å². The van der Waals surface area contributed by atoms with E-state index in [0.29, 0.717) is 25.0 Å². The van der Waals surface area contributed by atoms with Gasteiger partial charge in [-0.2, -0.15) is 0 Å². The maximum Gasteiger partial charge on any atom is 0.225 e. The molecule has 182 valence electrons. The van der Waals surface area contributed by atoms with Crippen molar-refractivity contribution in [1.29, 1.82) is 0 Å². The van der Waals surface area contributed by atoms with Crippen LogP contribution in [0.15, 0.2) is 67.0 Å². The number of imidazole rings is 1. The highest BCUT2D eigenvalue weighted by molar-refractivity contribution is 5.89. The Balaban J connectivity index is 1.46. The van der Waals surface area contributed by atoms with Crippen molar-refractivity contribution in [3.05, 3.63) is 78.4 Å². The van der Waals surface area contributed by atoms with Crippen LogP contribution in [0.2, 0.25) is 0 Å². The summed E-state index contributed by atoms with van der Waals surface area (Å²) < 4.78 is 2.06. The van der Waals surface area contributed by atoms with E-state index in [1.807, 2.05) is 68.8 Å². The molecule has 0 aliphatic carbocycles. The van der Waals surface area contributed by atoms with Gasteiger partial charge in [0.05, 0.1) is 24.4 Å². The molecule has 6 heteroatoms. The Kier molecular flexibility index (Phi) is 8.14. The number of ketones is 1. The van der Waals surface area contributed by atoms with E-state index in [1.54, 1.807) is 0 Å². The third-order valence-corrected chi connectivity index (χ3v) is 6.52. The maximum atomic E-state index is 13.1. The molecule has 1 amide bonds. The number of nitrogens with zero attached hydrogens (tertiary/aromatic N) is 2. The van der Waals surface area contributed by atoms with E-state index in [2.05, 4.69) is 32.0 Å². The molecule has 1 atom stereocenters. The number of hydrogen-bond acceptors (Lipinski definition) is 3. The molecule has 0 fully saturated rings. The lowest BCUT2D eigenvalue weighted by Crippen LogP contribution is -2.30. The van der Waals surface area contributed by atoms with Crippen LogP contribution in [0.3, 0.4) is 0 Å². The first-order valence-electron chi connectivity index (χ1n) is 12.5. The van der Waals surface area contributed by atoms with Crippen molar-refractivity contribution in [2.24, 2.45) is 7.05 Å². The standard InChI is InChI=1S/C29H34N4O2/c1-3-23(34)14-8-5-9-16-25(29-30-19-26(32-29)21-12-6-4-7-13-21)31-28(35)18-22-20-33(2)27-17-11-10-15-24(22)27/h4,6-7,10-13,15,17,19-20,25H,3,5,8-9,14,16,18H2,1-2H3,(H,30,32)(H,31,35)/t25-/m0/s1. The Hall–Kier alpha value is -3.67. The highest BCUT2D eigenvalue weighted by atomic mass is 16.1. The minimum absolute atomic E-state index is 0.0230. The second kappa shape index (κ2) is 11.6. The van der Waals surface area contributed by atoms with E-state index >= 15 is 0 Å². The molecule has 0 spiro atoms. The zero-order valence-electron chi connectivity index (χ0n) is 20.6. The number of para-hydroxylation sites is 1. The molecule has 0 aliphatic rings. The Morgan fingerprint density at radius 1 is 1.03 bits per heavy atom. The number of rotatable bonds is 12. The fraction of sp³-hybridized carbons (Fsp3) is 0.345. The minimum Gasteiger partial charge on any atom is -0.350 e. The number of fused-ring (bicyclic) bond motifs is 1. The summed E-state index contributed by atoms with van der Waals surface area (Å²) in [6.45, 7) is 1.91. The number of aromatic nitrogens is 3. The largest absolute Gasteiger partial charge is 0.350 e. The molecule has 2 heterocycles. The number of carbonyl (C=O) groups is 2. The van der Waals surface area contributed by atoms with Crippen LogP contribution in [0.4, 0.5) is 0 Å². The summed E-state index contributed by atoms with van der Waals surface area (Å²) >= 11 is 0. The zero-order valence-corrected chi connectivity index (χ0v) is 20.6. The first-order valence-corrected chi connectivity index (χ1v) is 12.5. The molecule has 0 radical (unpaired) electrons. The van der Waals surface area contributed by atoms with Crippen molar-refractivity contribution >= 4 is 22.6 Å². The third-order valence-electron chi connectivity index (χ3n) is 6.52. The minimum atomic E-state index is -0.211. The van der Waals surface area contributed by atoms with Gasteiger partial charge in [-0.1, -0.05) is 68.3 Å². The zero-order chi connectivity index (χ0) is 24.6. The molecule has 0 bridgehead atoms. The van der Waals surface area contributed by atoms with E-state index in [0.717, 1.165) is 59.2 Å². The number of hydrogen-bond donors (Lipinski definition) is 2. The van der Waals surface area contributed by atoms with Gasteiger partial charge in [0.1, 0.15) is 11.6 Å². The number of aryl methyl sites for hydroxylation is 1. The predicted molar refractivity (Wildman–Crippen MR) is 140 cm³/mol. The number of aromatic amines is 1. The van der Waals surface area contributed by atoms with Gasteiger partial charge < -0.3 is 14.9 Å². The van der Waals surface area contributed by atoms with Crippen molar-refractivity contribution < 1.29 is 9.59 Å². The van der Waals surface area contributed by atoms with Crippen LogP contribution in [0, 0.1) is 0 Å². The molecule has 2 N–H and O–H groups in total. The van der Waals surface area contributed by atoms with Crippen LogP contribution in [0.1, 0.15) is 62.9 Å². The van der Waals surface area contributed by atoms with Gasteiger partial charge in [-0.25, -0.2) is 4.98 Å². The monoisotopic (exact) mass is 470 g/mol. The summed E-state index contributed by atoms with van der Waals surface area (Å²) in [7, 11) is 2.00. The second-order valence-corrected chi connectivity index (χ2v) is 9.12. The van der Waals surface area contributed by atoms with Gasteiger partial charge in [-0.15, -0.1) is 0 Å². The van der Waals surface area contributed by atoms with Crippen LogP contribution < -0.4 is 5.32 Å². The quantitative estimate of drug-likeness (QED) is 0.253. The van der Waals surface area contributed by atoms with Gasteiger partial charge in [0.15, 0.2) is 0 Å². The smallest absolute Gasteiger partial charge is 0.225 e. The number of H-pyrrole nitrogens is 1. The molecule has 4 rings (SSSR count). The molecule has 0 unspecified atom stereocenters. The van der Waals surface area contributed by atoms with Gasteiger partial charge >= 0.3 is 0 Å². The molecule has 2 aromatic carbocycles. The molecule has 0 saturated carbocycles. The first-order chi connectivity index (χ1) is 17.0. The summed E-state index contributed by atoms with van der Waals surface area (Å²) in [5.41, 5.74) is 4.13. The average Bonchev–Trinajstić information content (AvgIpc) is 3.49. The van der Waals surface area contributed by atoms with Crippen LogP contribution in [0.25, 0.3) is 22.2 Å². The number of Topliss-reactive ketones (excluding diaryl/α,β-unsaturated/α-hetero) is 1. The van der Waals surface area contributed by atoms with Crippen molar-refractivity contribution in [1.82, 2.24) is 19.9 Å². The summed E-state index contributed by atoms with van der Waals surface area (Å²) in [5, 5.41) is 4.33. The van der Waals surface area contributed by atoms with E-state index < -0.39 is 0 Å². The molecular formula is C29H34N4O2. The molecule has 35 heavy (non-hydrogen) atoms. The van der Waals surface area contributed by atoms with Crippen molar-refractivity contribution in [2.45, 2.75) is 57.9 Å². The number of nitrogens with one attached hydrogen (secondary N) is 2. The fourth-order valence-electron chi connectivity index (χ4n) is 4.56. The number of unbranched alkanes of at least 4 members (excludes halogenated alkanes) is 2. The van der Waals surface area contributed by atoms with Gasteiger partial charge in [0.25, 0.3) is 0 Å². The Labute approximate surface area is 206 Å². The maximum absolute atomic E-state index is 13.1. The van der Waals surface area contributed by atoms with Crippen LogP contribution >= 0.6 is 0 Å². The lowest BCUT2D eigenvalue weighted by atomic mass is 10.0. The predicted octanol–water partition coefficient (Wildman–Crippen LogP) is 5.90. The number of benzene rings is 2. The van der Waals surface area contributed by atoms with E-state index in [4.69, 9.17) is 0 Å². The average molecular weight is 471 g/mol. The molecule has 4 aromatic rings.